The molecule has 0 aromatic rings. The molecule has 2 unspecified atom stereocenters. The first-order valence-electron chi connectivity index (χ1n) is 6.75. The number of aliphatic carboxylic acids is 1. The Kier molecular flexibility index (Phi) is 7.68. The van der Waals surface area contributed by atoms with Crippen molar-refractivity contribution in [1.82, 2.24) is 5.32 Å². The number of carboxylic acids is 1. The fourth-order valence-corrected chi connectivity index (χ4v) is 1.71. The summed E-state index contributed by atoms with van der Waals surface area (Å²) in [5, 5.41) is 11.7. The van der Waals surface area contributed by atoms with Crippen LogP contribution in [0.3, 0.4) is 0 Å². The SMILES string of the molecule is COC(C)(C)CC(=O)NC(C)CCCC(C)C(=O)O. The molecule has 0 aromatic carbocycles. The van der Waals surface area contributed by atoms with Crippen LogP contribution in [-0.4, -0.2) is 35.7 Å². The second-order valence-electron chi connectivity index (χ2n) is 5.78. The van der Waals surface area contributed by atoms with Gasteiger partial charge >= 0.3 is 5.97 Å². The number of carbonyl (C=O) groups excluding carboxylic acids is 1. The maximum absolute atomic E-state index is 11.7. The van der Waals surface area contributed by atoms with Gasteiger partial charge in [0.1, 0.15) is 0 Å². The van der Waals surface area contributed by atoms with Gasteiger partial charge in [-0.25, -0.2) is 0 Å². The van der Waals surface area contributed by atoms with Crippen molar-refractivity contribution in [3.63, 3.8) is 0 Å². The number of carboxylic acid groups (broad SMARTS) is 1. The van der Waals surface area contributed by atoms with Gasteiger partial charge in [-0.15, -0.1) is 0 Å². The third-order valence-electron chi connectivity index (χ3n) is 3.24. The van der Waals surface area contributed by atoms with Gasteiger partial charge in [0.25, 0.3) is 0 Å². The number of ether oxygens (including phenoxy) is 1. The molecule has 2 N–H and O–H groups in total. The maximum atomic E-state index is 11.7. The average molecular weight is 273 g/mol. The van der Waals surface area contributed by atoms with Crippen LogP contribution >= 0.6 is 0 Å². The van der Waals surface area contributed by atoms with E-state index < -0.39 is 11.6 Å². The molecular formula is C14H27NO4. The summed E-state index contributed by atoms with van der Waals surface area (Å²) in [6.45, 7) is 7.37. The number of hydrogen-bond acceptors (Lipinski definition) is 3. The summed E-state index contributed by atoms with van der Waals surface area (Å²) in [6, 6.07) is 0.0566. The molecule has 0 aliphatic heterocycles. The van der Waals surface area contributed by atoms with E-state index in [0.29, 0.717) is 12.8 Å². The van der Waals surface area contributed by atoms with Crippen molar-refractivity contribution >= 4 is 11.9 Å². The van der Waals surface area contributed by atoms with Crippen LogP contribution in [0.15, 0.2) is 0 Å². The lowest BCUT2D eigenvalue weighted by molar-refractivity contribution is -0.141. The van der Waals surface area contributed by atoms with E-state index in [1.54, 1.807) is 14.0 Å². The molecule has 0 aliphatic carbocycles. The maximum Gasteiger partial charge on any atom is 0.306 e. The van der Waals surface area contributed by atoms with E-state index in [4.69, 9.17) is 9.84 Å². The van der Waals surface area contributed by atoms with E-state index in [9.17, 15) is 9.59 Å². The minimum Gasteiger partial charge on any atom is -0.481 e. The third-order valence-corrected chi connectivity index (χ3v) is 3.24. The van der Waals surface area contributed by atoms with Crippen LogP contribution in [0.25, 0.3) is 0 Å². The molecule has 0 aromatic heterocycles. The van der Waals surface area contributed by atoms with Gasteiger partial charge in [-0.05, 0) is 33.6 Å². The second kappa shape index (κ2) is 8.15. The number of methoxy groups -OCH3 is 1. The summed E-state index contributed by atoms with van der Waals surface area (Å²) in [5.41, 5.74) is -0.457. The predicted octanol–water partition coefficient (Wildman–Crippen LogP) is 2.20. The molecule has 112 valence electrons. The lowest BCUT2D eigenvalue weighted by Crippen LogP contribution is -2.38. The van der Waals surface area contributed by atoms with E-state index in [1.807, 2.05) is 20.8 Å². The van der Waals surface area contributed by atoms with Crippen LogP contribution in [-0.2, 0) is 14.3 Å². The van der Waals surface area contributed by atoms with E-state index in [2.05, 4.69) is 5.32 Å². The van der Waals surface area contributed by atoms with Gasteiger partial charge in [-0.1, -0.05) is 13.3 Å². The lowest BCUT2D eigenvalue weighted by atomic mass is 10.0. The standard InChI is InChI=1S/C14H27NO4/c1-10(13(17)18)7-6-8-11(2)15-12(16)9-14(3,4)19-5/h10-11H,6-9H2,1-5H3,(H,15,16)(H,17,18). The van der Waals surface area contributed by atoms with E-state index in [-0.39, 0.29) is 17.9 Å². The first-order chi connectivity index (χ1) is 8.68. The van der Waals surface area contributed by atoms with Crippen LogP contribution in [0.4, 0.5) is 0 Å². The highest BCUT2D eigenvalue weighted by Gasteiger charge is 2.21. The minimum absolute atomic E-state index is 0.0365. The van der Waals surface area contributed by atoms with Crippen LogP contribution in [0.5, 0.6) is 0 Å². The summed E-state index contributed by atoms with van der Waals surface area (Å²) >= 11 is 0. The van der Waals surface area contributed by atoms with Crippen LogP contribution < -0.4 is 5.32 Å². The monoisotopic (exact) mass is 273 g/mol. The number of hydrogen-bond donors (Lipinski definition) is 2. The van der Waals surface area contributed by atoms with Crippen molar-refractivity contribution in [1.29, 1.82) is 0 Å². The van der Waals surface area contributed by atoms with Gasteiger partial charge in [0, 0.05) is 13.2 Å². The molecule has 0 rings (SSSR count). The number of amides is 1. The highest BCUT2D eigenvalue weighted by molar-refractivity contribution is 5.77. The largest absolute Gasteiger partial charge is 0.481 e. The lowest BCUT2D eigenvalue weighted by Gasteiger charge is -2.23. The fourth-order valence-electron chi connectivity index (χ4n) is 1.71. The second-order valence-corrected chi connectivity index (χ2v) is 5.78. The first kappa shape index (κ1) is 17.9. The van der Waals surface area contributed by atoms with Crippen molar-refractivity contribution in [3.8, 4) is 0 Å². The Morgan fingerprint density at radius 2 is 1.84 bits per heavy atom. The van der Waals surface area contributed by atoms with Gasteiger partial charge in [0.15, 0.2) is 0 Å². The topological polar surface area (TPSA) is 75.6 Å². The zero-order valence-electron chi connectivity index (χ0n) is 12.7. The third kappa shape index (κ3) is 8.59. The molecular weight excluding hydrogens is 246 g/mol. The van der Waals surface area contributed by atoms with Gasteiger partial charge < -0.3 is 15.2 Å². The molecule has 0 bridgehead atoms. The number of nitrogens with one attached hydrogen (secondary N) is 1. The van der Waals surface area contributed by atoms with Gasteiger partial charge in [-0.3, -0.25) is 9.59 Å². The summed E-state index contributed by atoms with van der Waals surface area (Å²) in [6.07, 6.45) is 2.54. The highest BCUT2D eigenvalue weighted by atomic mass is 16.5. The Labute approximate surface area is 115 Å². The van der Waals surface area contributed by atoms with Crippen LogP contribution in [0.1, 0.15) is 53.4 Å². The molecule has 0 radical (unpaired) electrons. The molecule has 0 fully saturated rings. The van der Waals surface area contributed by atoms with Crippen molar-refractivity contribution in [3.05, 3.63) is 0 Å². The van der Waals surface area contributed by atoms with Crippen LogP contribution in [0.2, 0.25) is 0 Å². The van der Waals surface area contributed by atoms with E-state index in [1.165, 1.54) is 0 Å². The van der Waals surface area contributed by atoms with E-state index in [0.717, 1.165) is 12.8 Å². The fraction of sp³-hybridized carbons (Fsp3) is 0.857. The molecule has 5 nitrogen and oxygen atoms in total. The van der Waals surface area contributed by atoms with Crippen molar-refractivity contribution in [2.75, 3.05) is 7.11 Å². The predicted molar refractivity (Wildman–Crippen MR) is 74.0 cm³/mol. The molecule has 2 atom stereocenters. The average Bonchev–Trinajstić information content (AvgIpc) is 2.27. The van der Waals surface area contributed by atoms with Gasteiger partial charge in [-0.2, -0.15) is 0 Å². The van der Waals surface area contributed by atoms with Crippen molar-refractivity contribution in [2.24, 2.45) is 5.92 Å². The Morgan fingerprint density at radius 1 is 1.26 bits per heavy atom. The number of rotatable bonds is 9. The van der Waals surface area contributed by atoms with Crippen molar-refractivity contribution < 1.29 is 19.4 Å². The molecule has 19 heavy (non-hydrogen) atoms. The Morgan fingerprint density at radius 3 is 2.32 bits per heavy atom. The molecule has 1 amide bonds. The zero-order chi connectivity index (χ0) is 15.1. The normalized spacial score (nSPS) is 14.8. The van der Waals surface area contributed by atoms with Crippen LogP contribution in [0, 0.1) is 5.92 Å². The summed E-state index contributed by atoms with van der Waals surface area (Å²) in [4.78, 5) is 22.4. The summed E-state index contributed by atoms with van der Waals surface area (Å²) < 4.78 is 5.20. The molecule has 5 heteroatoms. The molecule has 0 saturated carbocycles. The summed E-state index contributed by atoms with van der Waals surface area (Å²) in [7, 11) is 1.59. The van der Waals surface area contributed by atoms with Gasteiger partial charge in [0.2, 0.25) is 5.91 Å². The molecule has 0 spiro atoms. The first-order valence-corrected chi connectivity index (χ1v) is 6.75. The van der Waals surface area contributed by atoms with Gasteiger partial charge in [0.05, 0.1) is 17.9 Å². The Balaban J connectivity index is 3.89. The Bertz CT molecular complexity index is 302. The van der Waals surface area contributed by atoms with E-state index >= 15 is 0 Å². The molecule has 0 saturated heterocycles. The van der Waals surface area contributed by atoms with Crippen molar-refractivity contribution in [2.45, 2.75) is 65.0 Å². The zero-order valence-corrected chi connectivity index (χ0v) is 12.7. The highest BCUT2D eigenvalue weighted by Crippen LogP contribution is 2.13. The smallest absolute Gasteiger partial charge is 0.306 e. The molecule has 0 aliphatic rings. The summed E-state index contributed by atoms with van der Waals surface area (Å²) in [5.74, 6) is -1.13. The Hall–Kier alpha value is -1.10. The number of carbonyl (C=O) groups is 2. The quantitative estimate of drug-likeness (QED) is 0.675. The molecule has 0 heterocycles. The minimum atomic E-state index is -0.765.